The zero-order chi connectivity index (χ0) is 20.1. The van der Waals surface area contributed by atoms with E-state index in [-0.39, 0.29) is 5.75 Å². The molecule has 0 fully saturated rings. The summed E-state index contributed by atoms with van der Waals surface area (Å²) in [5.74, 6) is -1.44. The Morgan fingerprint density at radius 1 is 1.11 bits per heavy atom. The van der Waals surface area contributed by atoms with Crippen LogP contribution < -0.4 is 4.74 Å². The van der Waals surface area contributed by atoms with Gasteiger partial charge in [-0.1, -0.05) is 6.07 Å². The van der Waals surface area contributed by atoms with Crippen LogP contribution in [0.5, 0.6) is 5.75 Å². The zero-order valence-electron chi connectivity index (χ0n) is 16.2. The van der Waals surface area contributed by atoms with Gasteiger partial charge >= 0.3 is 14.8 Å². The number of benzene rings is 1. The van der Waals surface area contributed by atoms with Crippen LogP contribution in [0.2, 0.25) is 6.04 Å². The summed E-state index contributed by atoms with van der Waals surface area (Å²) in [7, 11) is -2.66. The summed E-state index contributed by atoms with van der Waals surface area (Å²) in [4.78, 5) is 10.6. The first-order chi connectivity index (χ1) is 13.0. The number of unbranched alkanes of at least 4 members (excludes halogenated alkanes) is 1. The van der Waals surface area contributed by atoms with E-state index < -0.39 is 20.6 Å². The Morgan fingerprint density at radius 2 is 1.74 bits per heavy atom. The predicted molar refractivity (Wildman–Crippen MR) is 103 cm³/mol. The highest BCUT2D eigenvalue weighted by Crippen LogP contribution is 2.22. The normalized spacial score (nSPS) is 11.9. The number of halogens is 1. The van der Waals surface area contributed by atoms with Gasteiger partial charge < -0.3 is 23.1 Å². The summed E-state index contributed by atoms with van der Waals surface area (Å²) in [5, 5.41) is 8.66. The molecule has 6 nitrogen and oxygen atoms in total. The molecule has 0 heterocycles. The number of carbonyl (C=O) groups is 1. The SMILES string of the molecule is CCO[Si](CCCCOc1cc(/C=C/C(=O)O)ccc1F)(OCC)OCC. The molecule has 0 saturated heterocycles. The van der Waals surface area contributed by atoms with Crippen LogP contribution in [0.3, 0.4) is 0 Å². The maximum atomic E-state index is 13.8. The Labute approximate surface area is 161 Å². The van der Waals surface area contributed by atoms with Crippen LogP contribution in [0.4, 0.5) is 4.39 Å². The van der Waals surface area contributed by atoms with E-state index in [2.05, 4.69) is 0 Å². The van der Waals surface area contributed by atoms with Gasteiger partial charge in [-0.3, -0.25) is 0 Å². The molecule has 0 radical (unpaired) electrons. The Kier molecular flexibility index (Phi) is 10.9. The third-order valence-electron chi connectivity index (χ3n) is 3.60. The first kappa shape index (κ1) is 23.3. The van der Waals surface area contributed by atoms with E-state index in [1.54, 1.807) is 0 Å². The smallest absolute Gasteiger partial charge is 0.490 e. The van der Waals surface area contributed by atoms with E-state index in [0.29, 0.717) is 44.5 Å². The number of ether oxygens (including phenoxy) is 1. The van der Waals surface area contributed by atoms with Crippen LogP contribution in [-0.2, 0) is 18.1 Å². The topological polar surface area (TPSA) is 74.2 Å². The number of hydrogen-bond acceptors (Lipinski definition) is 5. The molecule has 0 atom stereocenters. The Balaban J connectivity index is 2.55. The van der Waals surface area contributed by atoms with Gasteiger partial charge in [0.15, 0.2) is 11.6 Å². The molecule has 0 bridgehead atoms. The van der Waals surface area contributed by atoms with Crippen molar-refractivity contribution in [2.45, 2.75) is 39.7 Å². The van der Waals surface area contributed by atoms with Crippen LogP contribution in [0.15, 0.2) is 24.3 Å². The third kappa shape index (κ3) is 8.66. The summed E-state index contributed by atoms with van der Waals surface area (Å²) in [6.07, 6.45) is 3.85. The highest BCUT2D eigenvalue weighted by atomic mass is 28.4. The van der Waals surface area contributed by atoms with Gasteiger partial charge in [-0.2, -0.15) is 0 Å². The standard InChI is InChI=1S/C19H29FO6Si/c1-4-24-27(25-5-2,26-6-3)14-8-7-13-23-18-15-16(9-11-17(18)20)10-12-19(21)22/h9-12,15H,4-8,13-14H2,1-3H3,(H,21,22)/b12-10+. The molecule has 1 rings (SSSR count). The van der Waals surface area contributed by atoms with Gasteiger partial charge in [0.05, 0.1) is 6.61 Å². The maximum absolute atomic E-state index is 13.8. The lowest BCUT2D eigenvalue weighted by molar-refractivity contribution is -0.131. The molecule has 1 N–H and O–H groups in total. The number of rotatable bonds is 14. The second-order valence-corrected chi connectivity index (χ2v) is 8.38. The Hall–Kier alpha value is -1.74. The van der Waals surface area contributed by atoms with Crippen molar-refractivity contribution in [3.05, 3.63) is 35.7 Å². The molecule has 0 aliphatic heterocycles. The molecule has 0 saturated carbocycles. The molecule has 0 unspecified atom stereocenters. The molecule has 0 aliphatic rings. The van der Waals surface area contributed by atoms with Crippen LogP contribution in [0, 0.1) is 5.82 Å². The maximum Gasteiger partial charge on any atom is 0.500 e. The molecule has 27 heavy (non-hydrogen) atoms. The zero-order valence-corrected chi connectivity index (χ0v) is 17.2. The second kappa shape index (κ2) is 12.6. The molecule has 0 aliphatic carbocycles. The van der Waals surface area contributed by atoms with Gasteiger partial charge in [0, 0.05) is 31.9 Å². The fourth-order valence-electron chi connectivity index (χ4n) is 2.53. The average molecular weight is 401 g/mol. The fraction of sp³-hybridized carbons (Fsp3) is 0.526. The van der Waals surface area contributed by atoms with E-state index >= 15 is 0 Å². The highest BCUT2D eigenvalue weighted by molar-refractivity contribution is 6.60. The Bertz CT molecular complexity index is 591. The first-order valence-corrected chi connectivity index (χ1v) is 11.1. The number of aliphatic carboxylic acids is 1. The van der Waals surface area contributed by atoms with E-state index in [4.69, 9.17) is 23.1 Å². The molecule has 1 aromatic rings. The lowest BCUT2D eigenvalue weighted by Crippen LogP contribution is -2.45. The van der Waals surface area contributed by atoms with E-state index in [0.717, 1.165) is 12.5 Å². The van der Waals surface area contributed by atoms with Gasteiger partial charge in [-0.25, -0.2) is 9.18 Å². The minimum absolute atomic E-state index is 0.102. The van der Waals surface area contributed by atoms with Crippen molar-refractivity contribution in [2.24, 2.45) is 0 Å². The first-order valence-electron chi connectivity index (χ1n) is 9.21. The molecule has 0 amide bonds. The molecular formula is C19H29FO6Si. The molecule has 152 valence electrons. The molecule has 0 spiro atoms. The summed E-state index contributed by atoms with van der Waals surface area (Å²) >= 11 is 0. The van der Waals surface area contributed by atoms with Crippen molar-refractivity contribution in [1.82, 2.24) is 0 Å². The van der Waals surface area contributed by atoms with E-state index in [9.17, 15) is 9.18 Å². The average Bonchev–Trinajstić information content (AvgIpc) is 2.62. The van der Waals surface area contributed by atoms with Gasteiger partial charge in [-0.15, -0.1) is 0 Å². The number of hydrogen-bond donors (Lipinski definition) is 1. The predicted octanol–water partition coefficient (Wildman–Crippen LogP) is 4.13. The van der Waals surface area contributed by atoms with Crippen molar-refractivity contribution in [2.75, 3.05) is 26.4 Å². The van der Waals surface area contributed by atoms with Crippen molar-refractivity contribution in [3.8, 4) is 5.75 Å². The molecule has 8 heteroatoms. The van der Waals surface area contributed by atoms with Crippen LogP contribution in [0.25, 0.3) is 6.08 Å². The quantitative estimate of drug-likeness (QED) is 0.288. The summed E-state index contributed by atoms with van der Waals surface area (Å²) in [5.41, 5.74) is 0.560. The van der Waals surface area contributed by atoms with Gasteiger partial charge in [-0.05, 0) is 57.4 Å². The van der Waals surface area contributed by atoms with Crippen molar-refractivity contribution < 1.29 is 32.3 Å². The van der Waals surface area contributed by atoms with E-state index in [1.807, 2.05) is 20.8 Å². The fourth-order valence-corrected chi connectivity index (χ4v) is 5.21. The summed E-state index contributed by atoms with van der Waals surface area (Å²) < 4.78 is 36.7. The van der Waals surface area contributed by atoms with Crippen LogP contribution >= 0.6 is 0 Å². The van der Waals surface area contributed by atoms with E-state index in [1.165, 1.54) is 24.3 Å². The van der Waals surface area contributed by atoms with Crippen molar-refractivity contribution in [1.29, 1.82) is 0 Å². The number of carboxylic acids is 1. The summed E-state index contributed by atoms with van der Waals surface area (Å²) in [6.45, 7) is 7.67. The Morgan fingerprint density at radius 3 is 2.30 bits per heavy atom. The molecular weight excluding hydrogens is 371 g/mol. The highest BCUT2D eigenvalue weighted by Gasteiger charge is 2.39. The monoisotopic (exact) mass is 400 g/mol. The molecule has 1 aromatic carbocycles. The van der Waals surface area contributed by atoms with Crippen molar-refractivity contribution in [3.63, 3.8) is 0 Å². The van der Waals surface area contributed by atoms with Crippen LogP contribution in [-0.4, -0.2) is 46.3 Å². The minimum Gasteiger partial charge on any atom is -0.490 e. The van der Waals surface area contributed by atoms with Crippen molar-refractivity contribution >= 4 is 20.8 Å². The molecule has 0 aromatic heterocycles. The van der Waals surface area contributed by atoms with Gasteiger partial charge in [0.1, 0.15) is 0 Å². The second-order valence-electron chi connectivity index (χ2n) is 5.65. The van der Waals surface area contributed by atoms with Crippen LogP contribution in [0.1, 0.15) is 39.2 Å². The largest absolute Gasteiger partial charge is 0.500 e. The number of carboxylic acid groups (broad SMARTS) is 1. The minimum atomic E-state index is -2.66. The van der Waals surface area contributed by atoms with Gasteiger partial charge in [0.25, 0.3) is 0 Å². The lowest BCUT2D eigenvalue weighted by Gasteiger charge is -2.28. The lowest BCUT2D eigenvalue weighted by atomic mass is 10.2. The third-order valence-corrected chi connectivity index (χ3v) is 6.75. The summed E-state index contributed by atoms with van der Waals surface area (Å²) in [6, 6.07) is 4.91. The van der Waals surface area contributed by atoms with Gasteiger partial charge in [0.2, 0.25) is 0 Å².